The van der Waals surface area contributed by atoms with Crippen molar-refractivity contribution >= 4 is 23.4 Å². The van der Waals surface area contributed by atoms with Crippen LogP contribution in [0.15, 0.2) is 18.2 Å². The van der Waals surface area contributed by atoms with Crippen molar-refractivity contribution in [3.63, 3.8) is 0 Å². The lowest BCUT2D eigenvalue weighted by molar-refractivity contribution is -0.384. The predicted molar refractivity (Wildman–Crippen MR) is 69.7 cm³/mol. The second-order valence-corrected chi connectivity index (χ2v) is 3.52. The van der Waals surface area contributed by atoms with Crippen LogP contribution in [0.3, 0.4) is 0 Å². The molecule has 0 unspecified atom stereocenters. The van der Waals surface area contributed by atoms with Gasteiger partial charge in [0.05, 0.1) is 23.7 Å². The number of amides is 1. The lowest BCUT2D eigenvalue weighted by Crippen LogP contribution is -2.18. The molecule has 0 saturated carbocycles. The van der Waals surface area contributed by atoms with Crippen LogP contribution in [-0.2, 0) is 9.47 Å². The molecule has 0 aliphatic carbocycles. The average molecular weight is 282 g/mol. The molecule has 8 nitrogen and oxygen atoms in total. The maximum atomic E-state index is 11.7. The number of hydrogen-bond donors (Lipinski definition) is 1. The first kappa shape index (κ1) is 15.4. The monoisotopic (exact) mass is 282 g/mol. The summed E-state index contributed by atoms with van der Waals surface area (Å²) >= 11 is 0. The lowest BCUT2D eigenvalue weighted by atomic mass is 10.1. The van der Waals surface area contributed by atoms with E-state index >= 15 is 0 Å². The number of para-hydroxylation sites is 1. The molecule has 0 heterocycles. The zero-order valence-corrected chi connectivity index (χ0v) is 11.0. The highest BCUT2D eigenvalue weighted by molar-refractivity contribution is 6.02. The molecule has 0 radical (unpaired) electrons. The molecule has 0 fully saturated rings. The Balaban J connectivity index is 3.22. The molecular formula is C12H14N2O6. The molecule has 20 heavy (non-hydrogen) atoms. The minimum atomic E-state index is -0.882. The summed E-state index contributed by atoms with van der Waals surface area (Å²) in [6.45, 7) is 3.40. The number of ether oxygens (including phenoxy) is 2. The Bertz CT molecular complexity index is 529. The van der Waals surface area contributed by atoms with E-state index in [1.165, 1.54) is 18.2 Å². The van der Waals surface area contributed by atoms with Gasteiger partial charge in [0.2, 0.25) is 0 Å². The second-order valence-electron chi connectivity index (χ2n) is 3.52. The molecule has 1 aromatic carbocycles. The summed E-state index contributed by atoms with van der Waals surface area (Å²) in [7, 11) is 0. The van der Waals surface area contributed by atoms with Gasteiger partial charge in [-0.05, 0) is 19.9 Å². The number of nitrogens with zero attached hydrogens (tertiary/aromatic N) is 1. The highest BCUT2D eigenvalue weighted by atomic mass is 16.6. The van der Waals surface area contributed by atoms with Crippen molar-refractivity contribution in [2.45, 2.75) is 13.8 Å². The molecule has 108 valence electrons. The quantitative estimate of drug-likeness (QED) is 0.504. The number of nitro benzene ring substituents is 1. The fourth-order valence-corrected chi connectivity index (χ4v) is 1.47. The maximum absolute atomic E-state index is 11.7. The van der Waals surface area contributed by atoms with Crippen LogP contribution in [0.25, 0.3) is 0 Å². The predicted octanol–water partition coefficient (Wildman–Crippen LogP) is 2.34. The molecule has 0 saturated heterocycles. The van der Waals surface area contributed by atoms with Gasteiger partial charge in [-0.2, -0.15) is 0 Å². The number of rotatable bonds is 5. The smallest absolute Gasteiger partial charge is 0.411 e. The topological polar surface area (TPSA) is 108 Å². The number of carbonyl (C=O) groups excluding carboxylic acids is 2. The molecule has 1 N–H and O–H groups in total. The van der Waals surface area contributed by atoms with Crippen LogP contribution in [0.1, 0.15) is 24.2 Å². The number of benzene rings is 1. The Hall–Kier alpha value is -2.64. The highest BCUT2D eigenvalue weighted by Gasteiger charge is 2.24. The maximum Gasteiger partial charge on any atom is 0.411 e. The molecule has 0 bridgehead atoms. The van der Waals surface area contributed by atoms with Crippen molar-refractivity contribution in [1.82, 2.24) is 0 Å². The largest absolute Gasteiger partial charge is 0.462 e. The molecular weight excluding hydrogens is 268 g/mol. The van der Waals surface area contributed by atoms with E-state index in [0.29, 0.717) is 0 Å². The average Bonchev–Trinajstić information content (AvgIpc) is 2.39. The van der Waals surface area contributed by atoms with Gasteiger partial charge in [0.1, 0.15) is 5.69 Å². The number of anilines is 1. The van der Waals surface area contributed by atoms with Crippen molar-refractivity contribution in [2.75, 3.05) is 18.5 Å². The summed E-state index contributed by atoms with van der Waals surface area (Å²) in [4.78, 5) is 33.4. The Labute approximate surface area is 114 Å². The van der Waals surface area contributed by atoms with E-state index in [4.69, 9.17) is 4.74 Å². The van der Waals surface area contributed by atoms with Crippen LogP contribution < -0.4 is 5.32 Å². The summed E-state index contributed by atoms with van der Waals surface area (Å²) in [6.07, 6.45) is -0.882. The van der Waals surface area contributed by atoms with E-state index in [2.05, 4.69) is 10.1 Å². The van der Waals surface area contributed by atoms with Crippen LogP contribution >= 0.6 is 0 Å². The van der Waals surface area contributed by atoms with Crippen molar-refractivity contribution in [1.29, 1.82) is 0 Å². The van der Waals surface area contributed by atoms with Crippen LogP contribution in [-0.4, -0.2) is 30.2 Å². The fourth-order valence-electron chi connectivity index (χ4n) is 1.47. The first-order valence-electron chi connectivity index (χ1n) is 5.89. The lowest BCUT2D eigenvalue weighted by Gasteiger charge is -2.10. The van der Waals surface area contributed by atoms with Crippen LogP contribution in [0.5, 0.6) is 0 Å². The number of carbonyl (C=O) groups is 2. The Kier molecular flexibility index (Phi) is 5.45. The summed E-state index contributed by atoms with van der Waals surface area (Å²) in [6, 6.07) is 3.83. The number of hydrogen-bond acceptors (Lipinski definition) is 6. The van der Waals surface area contributed by atoms with Gasteiger partial charge in [-0.3, -0.25) is 15.4 Å². The van der Waals surface area contributed by atoms with Crippen molar-refractivity contribution in [3.8, 4) is 0 Å². The van der Waals surface area contributed by atoms with Crippen molar-refractivity contribution in [2.24, 2.45) is 0 Å². The first-order chi connectivity index (χ1) is 9.51. The van der Waals surface area contributed by atoms with E-state index in [9.17, 15) is 19.7 Å². The molecule has 8 heteroatoms. The molecule has 0 aromatic heterocycles. The van der Waals surface area contributed by atoms with Gasteiger partial charge < -0.3 is 9.47 Å². The fraction of sp³-hybridized carbons (Fsp3) is 0.333. The first-order valence-corrected chi connectivity index (χ1v) is 5.89. The van der Waals surface area contributed by atoms with Crippen LogP contribution in [0.4, 0.5) is 16.2 Å². The Morgan fingerprint density at radius 3 is 2.45 bits per heavy atom. The SMILES string of the molecule is CCOC(=O)Nc1c(C(=O)OCC)cccc1[N+](=O)[O-]. The zero-order chi connectivity index (χ0) is 15.1. The van der Waals surface area contributed by atoms with Gasteiger partial charge in [-0.25, -0.2) is 9.59 Å². The van der Waals surface area contributed by atoms with Crippen molar-refractivity contribution in [3.05, 3.63) is 33.9 Å². The number of nitrogens with one attached hydrogen (secondary N) is 1. The summed E-state index contributed by atoms with van der Waals surface area (Å²) < 4.78 is 9.44. The van der Waals surface area contributed by atoms with E-state index in [1.807, 2.05) is 0 Å². The van der Waals surface area contributed by atoms with Gasteiger partial charge in [0.15, 0.2) is 0 Å². The third kappa shape index (κ3) is 3.67. The minimum Gasteiger partial charge on any atom is -0.462 e. The summed E-state index contributed by atoms with van der Waals surface area (Å²) in [5.41, 5.74) is -0.757. The zero-order valence-electron chi connectivity index (χ0n) is 11.0. The summed E-state index contributed by atoms with van der Waals surface area (Å²) in [5, 5.41) is 13.2. The van der Waals surface area contributed by atoms with Crippen LogP contribution in [0.2, 0.25) is 0 Å². The summed E-state index contributed by atoms with van der Waals surface area (Å²) in [5.74, 6) is -0.761. The third-order valence-corrected chi connectivity index (χ3v) is 2.24. The number of esters is 1. The number of nitro groups is 1. The molecule has 1 aromatic rings. The molecule has 0 aliphatic rings. The third-order valence-electron chi connectivity index (χ3n) is 2.24. The van der Waals surface area contributed by atoms with Crippen LogP contribution in [0, 0.1) is 10.1 Å². The van der Waals surface area contributed by atoms with Gasteiger partial charge in [-0.1, -0.05) is 6.07 Å². The standard InChI is InChI=1S/C12H14N2O6/c1-3-19-11(15)8-6-5-7-9(14(17)18)10(8)13-12(16)20-4-2/h5-7H,3-4H2,1-2H3,(H,13,16). The second kappa shape index (κ2) is 7.07. The minimum absolute atomic E-state index is 0.0984. The van der Waals surface area contributed by atoms with Gasteiger partial charge >= 0.3 is 12.1 Å². The van der Waals surface area contributed by atoms with Gasteiger partial charge in [0.25, 0.3) is 5.69 Å². The van der Waals surface area contributed by atoms with E-state index in [0.717, 1.165) is 0 Å². The van der Waals surface area contributed by atoms with Gasteiger partial charge in [-0.15, -0.1) is 0 Å². The van der Waals surface area contributed by atoms with E-state index < -0.39 is 22.7 Å². The van der Waals surface area contributed by atoms with Crippen molar-refractivity contribution < 1.29 is 24.0 Å². The molecule has 0 spiro atoms. The van der Waals surface area contributed by atoms with Gasteiger partial charge in [0, 0.05) is 6.07 Å². The van der Waals surface area contributed by atoms with E-state index in [-0.39, 0.29) is 24.5 Å². The normalized spacial score (nSPS) is 9.70. The molecule has 1 amide bonds. The highest BCUT2D eigenvalue weighted by Crippen LogP contribution is 2.29. The molecule has 0 aliphatic heterocycles. The Morgan fingerprint density at radius 1 is 1.25 bits per heavy atom. The van der Waals surface area contributed by atoms with E-state index in [1.54, 1.807) is 13.8 Å². The molecule has 0 atom stereocenters. The molecule has 1 rings (SSSR count). The Morgan fingerprint density at radius 2 is 1.90 bits per heavy atom.